The van der Waals surface area contributed by atoms with Crippen LogP contribution in [0.4, 0.5) is 0 Å². The Morgan fingerprint density at radius 2 is 2.20 bits per heavy atom. The Hall–Kier alpha value is -1.00. The predicted octanol–water partition coefficient (Wildman–Crippen LogP) is 3.34. The van der Waals surface area contributed by atoms with Gasteiger partial charge in [-0.2, -0.15) is 16.9 Å². The number of hydrogen-bond donors (Lipinski definition) is 1. The second-order valence-electron chi connectivity index (χ2n) is 5.50. The van der Waals surface area contributed by atoms with Crippen molar-refractivity contribution in [3.63, 3.8) is 0 Å². The van der Waals surface area contributed by atoms with E-state index in [1.807, 2.05) is 11.7 Å². The summed E-state index contributed by atoms with van der Waals surface area (Å²) in [6.45, 7) is 3.14. The highest BCUT2D eigenvalue weighted by molar-refractivity contribution is 7.99. The van der Waals surface area contributed by atoms with Gasteiger partial charge >= 0.3 is 0 Å². The minimum atomic E-state index is 0.653. The van der Waals surface area contributed by atoms with Gasteiger partial charge in [0.25, 0.3) is 0 Å². The zero-order valence-corrected chi connectivity index (χ0v) is 13.1. The van der Waals surface area contributed by atoms with Gasteiger partial charge in [-0.25, -0.2) is 0 Å². The van der Waals surface area contributed by atoms with E-state index in [-0.39, 0.29) is 0 Å². The fourth-order valence-electron chi connectivity index (χ4n) is 3.22. The zero-order valence-electron chi connectivity index (χ0n) is 12.3. The maximum Gasteiger partial charge on any atom is 0.0841 e. The number of nitrogens with zero attached hydrogens (tertiary/aromatic N) is 2. The van der Waals surface area contributed by atoms with E-state index in [2.05, 4.69) is 53.4 Å². The normalized spacial score (nSPS) is 22.7. The third kappa shape index (κ3) is 2.72. The fraction of sp³-hybridized carbons (Fsp3) is 0.562. The number of nitrogens with one attached hydrogen (secondary N) is 1. The molecule has 1 aliphatic rings. The van der Waals surface area contributed by atoms with E-state index in [1.165, 1.54) is 41.6 Å². The summed E-state index contributed by atoms with van der Waals surface area (Å²) < 4.78 is 1.99. The largest absolute Gasteiger partial charge is 0.307 e. The highest BCUT2D eigenvalue weighted by Crippen LogP contribution is 2.30. The summed E-state index contributed by atoms with van der Waals surface area (Å²) in [5.74, 6) is 1.22. The highest BCUT2D eigenvalue weighted by atomic mass is 32.2. The van der Waals surface area contributed by atoms with Crippen LogP contribution in [0.3, 0.4) is 0 Å². The lowest BCUT2D eigenvalue weighted by Gasteiger charge is -2.19. The van der Waals surface area contributed by atoms with Crippen molar-refractivity contribution in [1.29, 1.82) is 0 Å². The van der Waals surface area contributed by atoms with Gasteiger partial charge < -0.3 is 5.32 Å². The van der Waals surface area contributed by atoms with Gasteiger partial charge in [0.15, 0.2) is 0 Å². The predicted molar refractivity (Wildman–Crippen MR) is 87.1 cm³/mol. The molecule has 1 N–H and O–H groups in total. The molecule has 3 nitrogen and oxygen atoms in total. The molecule has 1 fully saturated rings. The fourth-order valence-corrected chi connectivity index (χ4v) is 4.45. The second kappa shape index (κ2) is 6.19. The minimum absolute atomic E-state index is 0.653. The number of aromatic nitrogens is 2. The summed E-state index contributed by atoms with van der Waals surface area (Å²) in [5.41, 5.74) is 2.39. The first-order chi connectivity index (χ1) is 9.79. The molecule has 0 saturated heterocycles. The Morgan fingerprint density at radius 3 is 3.05 bits per heavy atom. The van der Waals surface area contributed by atoms with Crippen molar-refractivity contribution < 1.29 is 0 Å². The summed E-state index contributed by atoms with van der Waals surface area (Å²) in [4.78, 5) is 0. The molecule has 20 heavy (non-hydrogen) atoms. The van der Waals surface area contributed by atoms with Crippen LogP contribution < -0.4 is 5.32 Å². The van der Waals surface area contributed by atoms with Crippen LogP contribution in [0.5, 0.6) is 0 Å². The Morgan fingerprint density at radius 1 is 1.35 bits per heavy atom. The van der Waals surface area contributed by atoms with Crippen LogP contribution in [0.2, 0.25) is 0 Å². The van der Waals surface area contributed by atoms with Crippen molar-refractivity contribution in [3.05, 3.63) is 30.0 Å². The molecule has 2 unspecified atom stereocenters. The van der Waals surface area contributed by atoms with Crippen molar-refractivity contribution in [3.8, 4) is 0 Å². The molecule has 1 aliphatic carbocycles. The first-order valence-corrected chi connectivity index (χ1v) is 8.60. The summed E-state index contributed by atoms with van der Waals surface area (Å²) in [7, 11) is 2.02. The monoisotopic (exact) mass is 289 g/mol. The molecule has 1 aromatic carbocycles. The topological polar surface area (TPSA) is 29.9 Å². The number of aryl methyl sites for hydroxylation is 1. The lowest BCUT2D eigenvalue weighted by molar-refractivity contribution is 0.525. The highest BCUT2D eigenvalue weighted by Gasteiger charge is 2.26. The molecule has 0 spiro atoms. The first-order valence-electron chi connectivity index (χ1n) is 7.55. The van der Waals surface area contributed by atoms with E-state index in [0.29, 0.717) is 6.04 Å². The lowest BCUT2D eigenvalue weighted by atomic mass is 10.2. The molecule has 0 bridgehead atoms. The molecule has 0 amide bonds. The van der Waals surface area contributed by atoms with E-state index in [0.717, 1.165) is 11.8 Å². The van der Waals surface area contributed by atoms with Crippen LogP contribution in [0.1, 0.15) is 31.9 Å². The Labute approximate surface area is 125 Å². The average Bonchev–Trinajstić information content (AvgIpc) is 3.03. The van der Waals surface area contributed by atoms with Gasteiger partial charge in [0, 0.05) is 30.3 Å². The summed E-state index contributed by atoms with van der Waals surface area (Å²) in [6, 6.07) is 9.13. The SMILES string of the molecule is CCSC1CCCC1NCc1nn(C)c2ccccc12. The Kier molecular flexibility index (Phi) is 4.32. The van der Waals surface area contributed by atoms with Crippen LogP contribution in [0, 0.1) is 0 Å². The van der Waals surface area contributed by atoms with Gasteiger partial charge in [-0.1, -0.05) is 31.5 Å². The van der Waals surface area contributed by atoms with Crippen LogP contribution in [-0.4, -0.2) is 26.8 Å². The van der Waals surface area contributed by atoms with Crippen molar-refractivity contribution in [2.24, 2.45) is 7.05 Å². The van der Waals surface area contributed by atoms with Gasteiger partial charge in [-0.3, -0.25) is 4.68 Å². The number of benzene rings is 1. The van der Waals surface area contributed by atoms with Crippen LogP contribution in [0.25, 0.3) is 10.9 Å². The molecule has 1 aromatic heterocycles. The second-order valence-corrected chi connectivity index (χ2v) is 7.02. The molecule has 4 heteroatoms. The number of para-hydroxylation sites is 1. The molecular formula is C16H23N3S. The van der Waals surface area contributed by atoms with Crippen molar-refractivity contribution in [2.45, 2.75) is 44.0 Å². The van der Waals surface area contributed by atoms with Gasteiger partial charge in [0.2, 0.25) is 0 Å². The van der Waals surface area contributed by atoms with Gasteiger partial charge in [0.05, 0.1) is 11.2 Å². The van der Waals surface area contributed by atoms with E-state index in [9.17, 15) is 0 Å². The van der Waals surface area contributed by atoms with Crippen LogP contribution in [0.15, 0.2) is 24.3 Å². The number of rotatable bonds is 5. The maximum atomic E-state index is 4.67. The van der Waals surface area contributed by atoms with Crippen molar-refractivity contribution in [2.75, 3.05) is 5.75 Å². The average molecular weight is 289 g/mol. The first kappa shape index (κ1) is 14.0. The number of thioether (sulfide) groups is 1. The summed E-state index contributed by atoms with van der Waals surface area (Å²) in [6.07, 6.45) is 4.03. The smallest absolute Gasteiger partial charge is 0.0841 e. The van der Waals surface area contributed by atoms with Crippen molar-refractivity contribution >= 4 is 22.7 Å². The Bertz CT molecular complexity index is 578. The molecule has 108 valence electrons. The maximum absolute atomic E-state index is 4.67. The zero-order chi connectivity index (χ0) is 13.9. The van der Waals surface area contributed by atoms with Gasteiger partial charge in [0.1, 0.15) is 0 Å². The number of fused-ring (bicyclic) bond motifs is 1. The molecule has 3 rings (SSSR count). The molecule has 2 aromatic rings. The van der Waals surface area contributed by atoms with E-state index >= 15 is 0 Å². The van der Waals surface area contributed by atoms with Gasteiger partial charge in [-0.15, -0.1) is 0 Å². The van der Waals surface area contributed by atoms with Crippen LogP contribution in [-0.2, 0) is 13.6 Å². The minimum Gasteiger partial charge on any atom is -0.307 e. The number of hydrogen-bond acceptors (Lipinski definition) is 3. The van der Waals surface area contributed by atoms with Gasteiger partial charge in [-0.05, 0) is 24.7 Å². The van der Waals surface area contributed by atoms with Crippen molar-refractivity contribution in [1.82, 2.24) is 15.1 Å². The standard InChI is InChI=1S/C16H23N3S/c1-3-20-16-10-6-8-13(16)17-11-14-12-7-4-5-9-15(12)19(2)18-14/h4-5,7,9,13,16-17H,3,6,8,10-11H2,1-2H3. The summed E-state index contributed by atoms with van der Waals surface area (Å²) in [5, 5.41) is 10.5. The quantitative estimate of drug-likeness (QED) is 0.915. The van der Waals surface area contributed by atoms with E-state index < -0.39 is 0 Å². The molecule has 1 saturated carbocycles. The molecule has 0 radical (unpaired) electrons. The Balaban J connectivity index is 1.71. The van der Waals surface area contributed by atoms with E-state index in [1.54, 1.807) is 0 Å². The molecular weight excluding hydrogens is 266 g/mol. The van der Waals surface area contributed by atoms with E-state index in [4.69, 9.17) is 0 Å². The summed E-state index contributed by atoms with van der Waals surface area (Å²) >= 11 is 2.10. The van der Waals surface area contributed by atoms with Crippen LogP contribution >= 0.6 is 11.8 Å². The molecule has 0 aliphatic heterocycles. The third-order valence-electron chi connectivity index (χ3n) is 4.20. The lowest BCUT2D eigenvalue weighted by Crippen LogP contribution is -2.33. The molecule has 2 atom stereocenters. The third-order valence-corrected chi connectivity index (χ3v) is 5.53. The molecule has 1 heterocycles.